The van der Waals surface area contributed by atoms with Crippen LogP contribution >= 0.6 is 11.8 Å². The summed E-state index contributed by atoms with van der Waals surface area (Å²) in [4.78, 5) is 73.5. The number of aromatic amines is 1. The summed E-state index contributed by atoms with van der Waals surface area (Å²) in [5.41, 5.74) is 39.8. The molecule has 1 aromatic heterocycles. The molecule has 69 heavy (non-hydrogen) atoms. The number of thioether (sulfide) groups is 1. The Morgan fingerprint density at radius 2 is 0.899 bits per heavy atom. The average molecular weight is 995 g/mol. The summed E-state index contributed by atoms with van der Waals surface area (Å²) in [7, 11) is 0. The fourth-order valence-electron chi connectivity index (χ4n) is 4.59. The highest BCUT2D eigenvalue weighted by atomic mass is 32.2. The zero-order chi connectivity index (χ0) is 53.6. The second-order valence-electron chi connectivity index (χ2n) is 14.8. The van der Waals surface area contributed by atoms with Gasteiger partial charge in [-0.15, -0.1) is 0 Å². The van der Waals surface area contributed by atoms with E-state index in [1.54, 1.807) is 11.8 Å². The molecule has 0 aliphatic rings. The van der Waals surface area contributed by atoms with Crippen molar-refractivity contribution >= 4 is 64.4 Å². The fourth-order valence-corrected chi connectivity index (χ4v) is 5.08. The molecule has 23 nitrogen and oxygen atoms in total. The third kappa shape index (κ3) is 36.3. The highest BCUT2D eigenvalue weighted by Gasteiger charge is 2.15. The van der Waals surface area contributed by atoms with Crippen LogP contribution in [0.15, 0.2) is 91.1 Å². The van der Waals surface area contributed by atoms with Crippen molar-refractivity contribution in [1.82, 2.24) is 4.98 Å². The lowest BCUT2D eigenvalue weighted by molar-refractivity contribution is -0.140. The van der Waals surface area contributed by atoms with Crippen LogP contribution in [0.2, 0.25) is 0 Å². The Morgan fingerprint density at radius 1 is 0.536 bits per heavy atom. The number of hydrogen-bond acceptors (Lipinski definition) is 16. The number of H-pyrrole nitrogens is 1. The van der Waals surface area contributed by atoms with Gasteiger partial charge in [0.2, 0.25) is 0 Å². The summed E-state index contributed by atoms with van der Waals surface area (Å²) in [5.74, 6) is -5.69. The summed E-state index contributed by atoms with van der Waals surface area (Å²) < 4.78 is 0. The van der Waals surface area contributed by atoms with Gasteiger partial charge in [-0.2, -0.15) is 11.8 Å². The molecule has 4 rings (SSSR count). The Labute approximate surface area is 404 Å². The molecule has 0 unspecified atom stereocenters. The van der Waals surface area contributed by atoms with Gasteiger partial charge in [-0.25, -0.2) is 0 Å². The molecule has 3 aromatic carbocycles. The van der Waals surface area contributed by atoms with Crippen molar-refractivity contribution in [1.29, 1.82) is 0 Å². The second kappa shape index (κ2) is 39.5. The van der Waals surface area contributed by atoms with E-state index in [0.29, 0.717) is 38.0 Å². The number of hydrogen-bond donors (Lipinski definition) is 16. The molecule has 0 saturated heterocycles. The molecule has 0 bridgehead atoms. The molecule has 386 valence electrons. The van der Waals surface area contributed by atoms with Gasteiger partial charge >= 0.3 is 41.8 Å². The number of benzene rings is 3. The van der Waals surface area contributed by atoms with E-state index in [2.05, 4.69) is 10.7 Å². The summed E-state index contributed by atoms with van der Waals surface area (Å²) in [5, 5.41) is 66.9. The topological polar surface area (TPSA) is 479 Å². The lowest BCUT2D eigenvalue weighted by atomic mass is 10.1. The quantitative estimate of drug-likeness (QED) is 0.0605. The minimum atomic E-state index is -1.18. The first-order chi connectivity index (χ1) is 32.2. The van der Waals surface area contributed by atoms with Crippen LogP contribution in [-0.4, -0.2) is 149 Å². The SMILES string of the molecule is CC(C)C[C@H](N)C(=O)O.CSCC[C@H](N)C(=O)O.NCC(=O)O.N[C@@H](CO)C(=O)O.N[C@@H](Cc1c[nH]c2ccccc12)C(=O)O.N[C@@H](Cc1ccccc1)C(=O)O.N[C@@H](Cc1ccccc1)C(=O)O. The van der Waals surface area contributed by atoms with Gasteiger partial charge in [-0.3, -0.25) is 33.6 Å². The van der Waals surface area contributed by atoms with Gasteiger partial charge in [0, 0.05) is 23.5 Å². The number of nitrogens with one attached hydrogen (secondary N) is 1. The van der Waals surface area contributed by atoms with Crippen LogP contribution in [0, 0.1) is 5.92 Å². The first-order valence-electron chi connectivity index (χ1n) is 20.8. The molecule has 0 saturated carbocycles. The van der Waals surface area contributed by atoms with E-state index in [9.17, 15) is 33.6 Å². The van der Waals surface area contributed by atoms with Crippen LogP contribution < -0.4 is 40.1 Å². The van der Waals surface area contributed by atoms with Gasteiger partial charge < -0.3 is 86.0 Å². The number of carboxylic acids is 7. The third-order valence-electron chi connectivity index (χ3n) is 8.34. The molecule has 23 N–H and O–H groups in total. The van der Waals surface area contributed by atoms with Crippen molar-refractivity contribution in [3.63, 3.8) is 0 Å². The van der Waals surface area contributed by atoms with E-state index in [-0.39, 0.29) is 6.54 Å². The molecular formula is C45H70N8O15S. The largest absolute Gasteiger partial charge is 0.480 e. The smallest absolute Gasteiger partial charge is 0.322 e. The summed E-state index contributed by atoms with van der Waals surface area (Å²) in [6.45, 7) is 3.11. The Kier molecular flexibility index (Phi) is 38.2. The van der Waals surface area contributed by atoms with Crippen LogP contribution in [0.25, 0.3) is 10.9 Å². The molecule has 0 aliphatic heterocycles. The maximum Gasteiger partial charge on any atom is 0.322 e. The zero-order valence-corrected chi connectivity index (χ0v) is 39.6. The Bertz CT molecular complexity index is 2010. The lowest BCUT2D eigenvalue weighted by Gasteiger charge is -2.07. The molecule has 0 amide bonds. The van der Waals surface area contributed by atoms with Crippen LogP contribution in [0.4, 0.5) is 0 Å². The Balaban J connectivity index is -0.000000755. The van der Waals surface area contributed by atoms with E-state index >= 15 is 0 Å². The highest BCUT2D eigenvalue weighted by molar-refractivity contribution is 7.98. The van der Waals surface area contributed by atoms with Gasteiger partial charge in [0.15, 0.2) is 0 Å². The maximum absolute atomic E-state index is 10.6. The fraction of sp³-hybridized carbons (Fsp3) is 0.400. The molecule has 6 atom stereocenters. The number of aliphatic carboxylic acids is 7. The Morgan fingerprint density at radius 3 is 1.20 bits per heavy atom. The van der Waals surface area contributed by atoms with Crippen LogP contribution in [-0.2, 0) is 52.8 Å². The average Bonchev–Trinajstić information content (AvgIpc) is 3.71. The van der Waals surface area contributed by atoms with Crippen LogP contribution in [0.3, 0.4) is 0 Å². The standard InChI is InChI=1S/C11H12N2O2.2C9H11NO2.C6H13NO2.C5H11NO2S.C3H7NO3.C2H5NO2/c12-9(11(14)15)5-7-6-13-10-4-2-1-3-8(7)10;2*10-8(9(11)12)6-7-4-2-1-3-5-7;1-4(2)3-5(7)6(8)9;1-9-3-2-4(6)5(7)8;4-2(1-5)3(6)7;3-1-2(4)5/h1-4,6,9,13H,5,12H2,(H,14,15);2*1-5,8H,6,10H2,(H,11,12);4-5H,3,7H2,1-2H3,(H,8,9);4H,2-3,6H2,1H3,(H,7,8);2,5H,1,4H2,(H,6,7);1,3H2,(H,4,5)/t9-;2*8-;5-;4-;2-;/m000000./s1. The molecule has 0 spiro atoms. The zero-order valence-electron chi connectivity index (χ0n) is 38.7. The van der Waals surface area contributed by atoms with Gasteiger partial charge in [-0.1, -0.05) is 92.7 Å². The highest BCUT2D eigenvalue weighted by Crippen LogP contribution is 2.18. The van der Waals surface area contributed by atoms with Crippen molar-refractivity contribution in [3.05, 3.63) is 108 Å². The number of nitrogens with two attached hydrogens (primary N) is 7. The van der Waals surface area contributed by atoms with E-state index < -0.39 is 84.6 Å². The van der Waals surface area contributed by atoms with Crippen LogP contribution in [0.1, 0.15) is 43.4 Å². The summed E-state index contributed by atoms with van der Waals surface area (Å²) in [6, 6.07) is 21.5. The summed E-state index contributed by atoms with van der Waals surface area (Å²) >= 11 is 1.60. The number of aliphatic hydroxyl groups is 1. The van der Waals surface area contributed by atoms with Crippen molar-refractivity contribution in [3.8, 4) is 0 Å². The number of aromatic nitrogens is 1. The number of carboxylic acid groups (broad SMARTS) is 7. The monoisotopic (exact) mass is 994 g/mol. The number of para-hydroxylation sites is 1. The first-order valence-corrected chi connectivity index (χ1v) is 22.2. The van der Waals surface area contributed by atoms with E-state index in [1.807, 2.05) is 111 Å². The minimum Gasteiger partial charge on any atom is -0.480 e. The van der Waals surface area contributed by atoms with Crippen LogP contribution in [0.5, 0.6) is 0 Å². The Hall–Kier alpha value is -6.48. The number of aliphatic hydroxyl groups excluding tert-OH is 1. The number of rotatable bonds is 19. The second-order valence-corrected chi connectivity index (χ2v) is 15.8. The number of carbonyl (C=O) groups is 7. The molecule has 4 aromatic rings. The van der Waals surface area contributed by atoms with Crippen molar-refractivity contribution in [2.24, 2.45) is 46.1 Å². The normalized spacial score (nSPS) is 12.5. The van der Waals surface area contributed by atoms with E-state index in [1.165, 1.54) is 0 Å². The molecule has 0 radical (unpaired) electrons. The number of fused-ring (bicyclic) bond motifs is 1. The molecule has 1 heterocycles. The predicted molar refractivity (Wildman–Crippen MR) is 262 cm³/mol. The van der Waals surface area contributed by atoms with Gasteiger partial charge in [0.1, 0.15) is 36.3 Å². The minimum absolute atomic E-state index is 0.278. The predicted octanol–water partition coefficient (Wildman–Crippen LogP) is 0.420. The van der Waals surface area contributed by atoms with E-state index in [0.717, 1.165) is 33.3 Å². The lowest BCUT2D eigenvalue weighted by Crippen LogP contribution is -2.33. The van der Waals surface area contributed by atoms with Gasteiger partial charge in [-0.05, 0) is 66.4 Å². The third-order valence-corrected chi connectivity index (χ3v) is 8.99. The van der Waals surface area contributed by atoms with Gasteiger partial charge in [0.25, 0.3) is 0 Å². The molecule has 0 aliphatic carbocycles. The molecule has 24 heteroatoms. The van der Waals surface area contributed by atoms with Crippen molar-refractivity contribution in [2.45, 2.75) is 82.2 Å². The summed E-state index contributed by atoms with van der Waals surface area (Å²) in [6.07, 6.45) is 5.96. The van der Waals surface area contributed by atoms with E-state index in [4.69, 9.17) is 75.3 Å². The van der Waals surface area contributed by atoms with Gasteiger partial charge in [0.05, 0.1) is 13.2 Å². The molecular weight excluding hydrogens is 925 g/mol. The van der Waals surface area contributed by atoms with Crippen molar-refractivity contribution < 1.29 is 74.4 Å². The maximum atomic E-state index is 10.6. The van der Waals surface area contributed by atoms with Crippen molar-refractivity contribution in [2.75, 3.05) is 25.2 Å². The first kappa shape index (κ1) is 66.8. The molecule has 0 fully saturated rings.